The molecule has 1 heterocycles. The summed E-state index contributed by atoms with van der Waals surface area (Å²) in [5, 5.41) is 3.63. The molecule has 0 radical (unpaired) electrons. The van der Waals surface area contributed by atoms with Crippen LogP contribution in [0.4, 0.5) is 0 Å². The van der Waals surface area contributed by atoms with Gasteiger partial charge in [-0.2, -0.15) is 11.8 Å². The summed E-state index contributed by atoms with van der Waals surface area (Å²) in [6.45, 7) is 4.26. The first-order valence-electron chi connectivity index (χ1n) is 8.00. The summed E-state index contributed by atoms with van der Waals surface area (Å²) < 4.78 is 5.83. The number of nitrogens with one attached hydrogen (secondary N) is 1. The smallest absolute Gasteiger partial charge is 0.118 e. The summed E-state index contributed by atoms with van der Waals surface area (Å²) in [6.07, 6.45) is 7.42. The lowest BCUT2D eigenvalue weighted by molar-refractivity contribution is 0.0745. The van der Waals surface area contributed by atoms with E-state index in [4.69, 9.17) is 4.42 Å². The molecular weight excluding hydrogens is 280 g/mol. The zero-order valence-electron chi connectivity index (χ0n) is 13.9. The van der Waals surface area contributed by atoms with Crippen LogP contribution in [-0.2, 0) is 12.3 Å². The Labute approximate surface area is 133 Å². The maximum Gasteiger partial charge on any atom is 0.118 e. The van der Waals surface area contributed by atoms with Gasteiger partial charge in [0.25, 0.3) is 0 Å². The van der Waals surface area contributed by atoms with Crippen LogP contribution >= 0.6 is 11.8 Å². The second kappa shape index (κ2) is 7.70. The molecule has 1 aliphatic rings. The van der Waals surface area contributed by atoms with Gasteiger partial charge in [0.15, 0.2) is 0 Å². The van der Waals surface area contributed by atoms with Crippen LogP contribution in [0.3, 0.4) is 0 Å². The highest BCUT2D eigenvalue weighted by Crippen LogP contribution is 2.35. The Bertz CT molecular complexity index is 432. The Hall–Kier alpha value is -0.450. The first-order chi connectivity index (χ1) is 10.1. The number of nitrogens with zero attached hydrogens (tertiary/aromatic N) is 1. The number of thioether (sulfide) groups is 1. The molecule has 0 aromatic carbocycles. The van der Waals surface area contributed by atoms with Gasteiger partial charge in [-0.15, -0.1) is 0 Å². The third kappa shape index (κ3) is 4.51. The molecule has 1 N–H and O–H groups in total. The van der Waals surface area contributed by atoms with Crippen LogP contribution in [0.25, 0.3) is 0 Å². The van der Waals surface area contributed by atoms with Gasteiger partial charge >= 0.3 is 0 Å². The van der Waals surface area contributed by atoms with Crippen molar-refractivity contribution < 1.29 is 4.42 Å². The number of likely N-dealkylation sites (N-methyl/N-ethyl adjacent to an activating group) is 1. The lowest BCUT2D eigenvalue weighted by Crippen LogP contribution is -2.54. The van der Waals surface area contributed by atoms with Gasteiger partial charge in [0.05, 0.1) is 12.3 Å². The van der Waals surface area contributed by atoms with Crippen molar-refractivity contribution in [1.82, 2.24) is 10.2 Å². The fourth-order valence-electron chi connectivity index (χ4n) is 3.51. The van der Waals surface area contributed by atoms with Gasteiger partial charge in [-0.3, -0.25) is 0 Å². The van der Waals surface area contributed by atoms with Crippen LogP contribution in [0.1, 0.15) is 44.1 Å². The fraction of sp³-hybridized carbons (Fsp3) is 0.765. The number of furan rings is 1. The summed E-state index contributed by atoms with van der Waals surface area (Å²) in [7, 11) is 4.45. The van der Waals surface area contributed by atoms with Gasteiger partial charge in [0, 0.05) is 12.1 Å². The molecule has 1 saturated carbocycles. The zero-order chi connectivity index (χ0) is 15.3. The minimum absolute atomic E-state index is 0.312. The third-order valence-corrected chi connectivity index (χ3v) is 5.35. The van der Waals surface area contributed by atoms with Gasteiger partial charge in [0.1, 0.15) is 11.5 Å². The zero-order valence-corrected chi connectivity index (χ0v) is 14.8. The first-order valence-corrected chi connectivity index (χ1v) is 9.40. The second-order valence-corrected chi connectivity index (χ2v) is 7.59. The van der Waals surface area contributed by atoms with E-state index in [0.29, 0.717) is 5.54 Å². The van der Waals surface area contributed by atoms with Gasteiger partial charge in [0.2, 0.25) is 0 Å². The number of hydrogen-bond acceptors (Lipinski definition) is 4. The summed E-state index contributed by atoms with van der Waals surface area (Å²) in [6, 6.07) is 4.20. The van der Waals surface area contributed by atoms with Crippen molar-refractivity contribution in [2.75, 3.05) is 26.9 Å². The maximum atomic E-state index is 5.83. The molecule has 0 amide bonds. The molecule has 21 heavy (non-hydrogen) atoms. The fourth-order valence-corrected chi connectivity index (χ4v) is 3.95. The monoisotopic (exact) mass is 310 g/mol. The van der Waals surface area contributed by atoms with Crippen molar-refractivity contribution in [2.24, 2.45) is 5.92 Å². The largest absolute Gasteiger partial charge is 0.464 e. The topological polar surface area (TPSA) is 28.4 Å². The average molecular weight is 311 g/mol. The van der Waals surface area contributed by atoms with E-state index in [-0.39, 0.29) is 0 Å². The highest BCUT2D eigenvalue weighted by Gasteiger charge is 2.36. The third-order valence-electron chi connectivity index (χ3n) is 4.77. The summed E-state index contributed by atoms with van der Waals surface area (Å²) in [5.74, 6) is 3.92. The second-order valence-electron chi connectivity index (χ2n) is 6.72. The summed E-state index contributed by atoms with van der Waals surface area (Å²) in [5.41, 5.74) is 0.312. The normalized spacial score (nSPS) is 26.4. The summed E-state index contributed by atoms with van der Waals surface area (Å²) in [4.78, 5) is 2.43. The van der Waals surface area contributed by atoms with Crippen molar-refractivity contribution in [3.63, 3.8) is 0 Å². The Morgan fingerprint density at radius 1 is 1.38 bits per heavy atom. The van der Waals surface area contributed by atoms with Crippen molar-refractivity contribution >= 4 is 11.8 Å². The van der Waals surface area contributed by atoms with Crippen LogP contribution < -0.4 is 5.32 Å². The van der Waals surface area contributed by atoms with Crippen molar-refractivity contribution in [3.8, 4) is 0 Å². The Morgan fingerprint density at radius 3 is 2.81 bits per heavy atom. The molecule has 4 heteroatoms. The minimum Gasteiger partial charge on any atom is -0.464 e. The Balaban J connectivity index is 1.87. The van der Waals surface area contributed by atoms with Crippen LogP contribution in [0.5, 0.6) is 0 Å². The standard InChI is InChI=1S/C17H30N2OS/c1-14-6-5-9-17(10-14,19(2)3)13-18-11-15-7-8-16(20-15)12-21-4/h7-8,14,18H,5-6,9-13H2,1-4H3. The molecule has 2 unspecified atom stereocenters. The van der Waals surface area contributed by atoms with E-state index >= 15 is 0 Å². The molecular formula is C17H30N2OS. The van der Waals surface area contributed by atoms with E-state index in [2.05, 4.69) is 49.6 Å². The minimum atomic E-state index is 0.312. The molecule has 1 aromatic heterocycles. The van der Waals surface area contributed by atoms with Crippen LogP contribution in [-0.4, -0.2) is 37.3 Å². The molecule has 0 aliphatic heterocycles. The van der Waals surface area contributed by atoms with Gasteiger partial charge in [-0.1, -0.05) is 19.8 Å². The summed E-state index contributed by atoms with van der Waals surface area (Å²) >= 11 is 1.80. The Morgan fingerprint density at radius 2 is 2.14 bits per heavy atom. The van der Waals surface area contributed by atoms with Crippen LogP contribution in [0.15, 0.2) is 16.5 Å². The highest BCUT2D eigenvalue weighted by molar-refractivity contribution is 7.97. The van der Waals surface area contributed by atoms with E-state index in [9.17, 15) is 0 Å². The molecule has 2 rings (SSSR count). The SMILES string of the molecule is CSCc1ccc(CNCC2(N(C)C)CCCC(C)C2)o1. The predicted molar refractivity (Wildman–Crippen MR) is 91.7 cm³/mol. The van der Waals surface area contributed by atoms with E-state index in [1.807, 2.05) is 0 Å². The maximum absolute atomic E-state index is 5.83. The Kier molecular flexibility index (Phi) is 6.20. The molecule has 0 bridgehead atoms. The lowest BCUT2D eigenvalue weighted by Gasteiger charge is -2.45. The van der Waals surface area contributed by atoms with E-state index in [1.165, 1.54) is 25.7 Å². The lowest BCUT2D eigenvalue weighted by atomic mass is 9.75. The molecule has 2 atom stereocenters. The van der Waals surface area contributed by atoms with Crippen molar-refractivity contribution in [2.45, 2.75) is 50.4 Å². The molecule has 1 fully saturated rings. The van der Waals surface area contributed by atoms with Gasteiger partial charge in [-0.05, 0) is 51.2 Å². The molecule has 120 valence electrons. The molecule has 0 saturated heterocycles. The van der Waals surface area contributed by atoms with Crippen LogP contribution in [0, 0.1) is 5.92 Å². The van der Waals surface area contributed by atoms with E-state index in [0.717, 1.165) is 36.3 Å². The van der Waals surface area contributed by atoms with E-state index < -0.39 is 0 Å². The predicted octanol–water partition coefficient (Wildman–Crippen LogP) is 3.74. The van der Waals surface area contributed by atoms with Gasteiger partial charge < -0.3 is 14.6 Å². The molecule has 1 aliphatic carbocycles. The first kappa shape index (κ1) is 16.9. The van der Waals surface area contributed by atoms with E-state index in [1.54, 1.807) is 11.8 Å². The number of hydrogen-bond donors (Lipinski definition) is 1. The van der Waals surface area contributed by atoms with Gasteiger partial charge in [-0.25, -0.2) is 0 Å². The molecule has 0 spiro atoms. The average Bonchev–Trinajstić information content (AvgIpc) is 2.87. The van der Waals surface area contributed by atoms with Crippen molar-refractivity contribution in [1.29, 1.82) is 0 Å². The number of rotatable bonds is 7. The van der Waals surface area contributed by atoms with Crippen LogP contribution in [0.2, 0.25) is 0 Å². The molecule has 3 nitrogen and oxygen atoms in total. The highest BCUT2D eigenvalue weighted by atomic mass is 32.2. The van der Waals surface area contributed by atoms with Crippen molar-refractivity contribution in [3.05, 3.63) is 23.7 Å². The molecule has 1 aromatic rings. The quantitative estimate of drug-likeness (QED) is 0.830.